The van der Waals surface area contributed by atoms with Gasteiger partial charge in [0, 0.05) is 5.02 Å². The molecule has 1 saturated carbocycles. The number of ether oxygens (including phenoxy) is 1. The molecule has 0 aliphatic heterocycles. The van der Waals surface area contributed by atoms with Gasteiger partial charge < -0.3 is 10.1 Å². The summed E-state index contributed by atoms with van der Waals surface area (Å²) in [5, 5.41) is 3.54. The zero-order valence-corrected chi connectivity index (χ0v) is 16.3. The van der Waals surface area contributed by atoms with Crippen LogP contribution in [0.4, 0.5) is 0 Å². The lowest BCUT2D eigenvalue weighted by Crippen LogP contribution is -2.57. The van der Waals surface area contributed by atoms with Crippen LogP contribution in [0.3, 0.4) is 0 Å². The molecular formula is C20H28ClNO3. The molecule has 4 nitrogen and oxygen atoms in total. The van der Waals surface area contributed by atoms with Gasteiger partial charge in [-0.05, 0) is 61.6 Å². The summed E-state index contributed by atoms with van der Waals surface area (Å²) in [5.74, 6) is 0.621. The summed E-state index contributed by atoms with van der Waals surface area (Å²) >= 11 is 6.22. The Morgan fingerprint density at radius 2 is 1.96 bits per heavy atom. The van der Waals surface area contributed by atoms with Gasteiger partial charge in [-0.3, -0.25) is 4.79 Å². The fourth-order valence-electron chi connectivity index (χ4n) is 3.65. The number of amides is 1. The van der Waals surface area contributed by atoms with Gasteiger partial charge in [-0.1, -0.05) is 37.6 Å². The van der Waals surface area contributed by atoms with Gasteiger partial charge in [0.2, 0.25) is 5.91 Å². The van der Waals surface area contributed by atoms with E-state index >= 15 is 0 Å². The molecule has 0 saturated heterocycles. The third-order valence-electron chi connectivity index (χ3n) is 5.34. The summed E-state index contributed by atoms with van der Waals surface area (Å²) in [6, 6.07) is 5.63. The molecule has 138 valence electrons. The van der Waals surface area contributed by atoms with Gasteiger partial charge in [-0.2, -0.15) is 0 Å². The average Bonchev–Trinajstić information content (AvgIpc) is 2.57. The van der Waals surface area contributed by atoms with Crippen molar-refractivity contribution < 1.29 is 14.3 Å². The number of aryl methyl sites for hydroxylation is 1. The van der Waals surface area contributed by atoms with E-state index in [-0.39, 0.29) is 18.3 Å². The topological polar surface area (TPSA) is 55.4 Å². The SMILES string of the molecule is COC(=O)C1(NC(=O)Cc2ccc(C)cc2Cl)CCC(C(C)C)CC1. The Hall–Kier alpha value is -1.55. The summed E-state index contributed by atoms with van der Waals surface area (Å²) in [6.07, 6.45) is 3.23. The fraction of sp³-hybridized carbons (Fsp3) is 0.600. The molecule has 0 radical (unpaired) electrons. The van der Waals surface area contributed by atoms with Crippen molar-refractivity contribution in [1.29, 1.82) is 0 Å². The molecule has 25 heavy (non-hydrogen) atoms. The highest BCUT2D eigenvalue weighted by atomic mass is 35.5. The van der Waals surface area contributed by atoms with Gasteiger partial charge in [0.05, 0.1) is 13.5 Å². The number of nitrogens with one attached hydrogen (secondary N) is 1. The van der Waals surface area contributed by atoms with Gasteiger partial charge in [0.25, 0.3) is 0 Å². The molecule has 0 spiro atoms. The second-order valence-electron chi connectivity index (χ2n) is 7.47. The number of hydrogen-bond acceptors (Lipinski definition) is 3. The summed E-state index contributed by atoms with van der Waals surface area (Å²) in [5.41, 5.74) is 0.904. The minimum atomic E-state index is -0.908. The van der Waals surface area contributed by atoms with Crippen molar-refractivity contribution in [2.75, 3.05) is 7.11 Å². The van der Waals surface area contributed by atoms with Crippen LogP contribution in [0, 0.1) is 18.8 Å². The number of rotatable bonds is 5. The molecule has 1 aliphatic carbocycles. The number of halogens is 1. The normalized spacial score (nSPS) is 23.4. The first kappa shape index (κ1) is 19.8. The van der Waals surface area contributed by atoms with Crippen LogP contribution in [0.1, 0.15) is 50.7 Å². The van der Waals surface area contributed by atoms with Crippen molar-refractivity contribution in [2.24, 2.45) is 11.8 Å². The van der Waals surface area contributed by atoms with E-state index in [0.29, 0.717) is 29.7 Å². The molecule has 5 heteroatoms. The summed E-state index contributed by atoms with van der Waals surface area (Å²) in [7, 11) is 1.38. The molecule has 1 amide bonds. The first-order chi connectivity index (χ1) is 11.8. The average molecular weight is 366 g/mol. The maximum absolute atomic E-state index is 12.6. The monoisotopic (exact) mass is 365 g/mol. The van der Waals surface area contributed by atoms with E-state index in [1.165, 1.54) is 7.11 Å². The van der Waals surface area contributed by atoms with E-state index in [9.17, 15) is 9.59 Å². The number of benzene rings is 1. The highest BCUT2D eigenvalue weighted by Gasteiger charge is 2.44. The molecule has 2 rings (SSSR count). The quantitative estimate of drug-likeness (QED) is 0.800. The van der Waals surface area contributed by atoms with Crippen LogP contribution >= 0.6 is 11.6 Å². The Labute approximate surface area is 155 Å². The summed E-state index contributed by atoms with van der Waals surface area (Å²) in [6.45, 7) is 6.36. The number of carbonyl (C=O) groups excluding carboxylic acids is 2. The van der Waals surface area contributed by atoms with Gasteiger partial charge >= 0.3 is 5.97 Å². The van der Waals surface area contributed by atoms with E-state index in [2.05, 4.69) is 19.2 Å². The number of carbonyl (C=O) groups is 2. The number of methoxy groups -OCH3 is 1. The first-order valence-corrected chi connectivity index (χ1v) is 9.29. The van der Waals surface area contributed by atoms with Crippen molar-refractivity contribution in [3.8, 4) is 0 Å². The zero-order chi connectivity index (χ0) is 18.6. The van der Waals surface area contributed by atoms with Gasteiger partial charge in [-0.25, -0.2) is 4.79 Å². The lowest BCUT2D eigenvalue weighted by Gasteiger charge is -2.39. The standard InChI is InChI=1S/C20H28ClNO3/c1-13(2)15-7-9-20(10-8-15,19(24)25-4)22-18(23)12-16-6-5-14(3)11-17(16)21/h5-6,11,13,15H,7-10,12H2,1-4H3,(H,22,23). The van der Waals surface area contributed by atoms with Crippen LogP contribution in [-0.2, 0) is 20.7 Å². The second kappa shape index (κ2) is 8.22. The Kier molecular flexibility index (Phi) is 6.50. The predicted octanol–water partition coefficient (Wildman–Crippen LogP) is 4.07. The van der Waals surface area contributed by atoms with E-state index in [4.69, 9.17) is 16.3 Å². The van der Waals surface area contributed by atoms with Crippen LogP contribution in [0.2, 0.25) is 5.02 Å². The third kappa shape index (κ3) is 4.75. The molecule has 1 aromatic carbocycles. The van der Waals surface area contributed by atoms with E-state index in [0.717, 1.165) is 24.0 Å². The van der Waals surface area contributed by atoms with Crippen molar-refractivity contribution >= 4 is 23.5 Å². The van der Waals surface area contributed by atoms with Crippen LogP contribution < -0.4 is 5.32 Å². The molecule has 0 unspecified atom stereocenters. The Morgan fingerprint density at radius 3 is 2.48 bits per heavy atom. The maximum atomic E-state index is 12.6. The van der Waals surface area contributed by atoms with Crippen LogP contribution in [-0.4, -0.2) is 24.5 Å². The minimum absolute atomic E-state index is 0.158. The number of esters is 1. The molecule has 0 atom stereocenters. The van der Waals surface area contributed by atoms with Crippen molar-refractivity contribution in [2.45, 2.75) is 58.4 Å². The largest absolute Gasteiger partial charge is 0.467 e. The smallest absolute Gasteiger partial charge is 0.331 e. The minimum Gasteiger partial charge on any atom is -0.467 e. The highest BCUT2D eigenvalue weighted by Crippen LogP contribution is 2.36. The Balaban J connectivity index is 2.09. The van der Waals surface area contributed by atoms with E-state index < -0.39 is 5.54 Å². The lowest BCUT2D eigenvalue weighted by atomic mass is 9.72. The van der Waals surface area contributed by atoms with Gasteiger partial charge in [0.1, 0.15) is 5.54 Å². The van der Waals surface area contributed by atoms with Gasteiger partial charge in [0.15, 0.2) is 0 Å². The molecule has 1 aliphatic rings. The molecule has 0 aromatic heterocycles. The molecule has 0 bridgehead atoms. The van der Waals surface area contributed by atoms with E-state index in [1.807, 2.05) is 25.1 Å². The molecule has 0 heterocycles. The Bertz CT molecular complexity index is 634. The van der Waals surface area contributed by atoms with Crippen LogP contribution in [0.5, 0.6) is 0 Å². The van der Waals surface area contributed by atoms with Crippen molar-refractivity contribution in [3.05, 3.63) is 34.3 Å². The van der Waals surface area contributed by atoms with E-state index in [1.54, 1.807) is 0 Å². The predicted molar refractivity (Wildman–Crippen MR) is 99.6 cm³/mol. The first-order valence-electron chi connectivity index (χ1n) is 8.92. The van der Waals surface area contributed by atoms with Crippen LogP contribution in [0.25, 0.3) is 0 Å². The molecule has 1 fully saturated rings. The summed E-state index contributed by atoms with van der Waals surface area (Å²) < 4.78 is 5.00. The molecule has 1 aromatic rings. The van der Waals surface area contributed by atoms with Gasteiger partial charge in [-0.15, -0.1) is 0 Å². The summed E-state index contributed by atoms with van der Waals surface area (Å²) in [4.78, 5) is 25.0. The third-order valence-corrected chi connectivity index (χ3v) is 5.69. The second-order valence-corrected chi connectivity index (χ2v) is 7.88. The molecule has 1 N–H and O–H groups in total. The Morgan fingerprint density at radius 1 is 1.32 bits per heavy atom. The lowest BCUT2D eigenvalue weighted by molar-refractivity contribution is -0.153. The molecular weight excluding hydrogens is 338 g/mol. The highest BCUT2D eigenvalue weighted by molar-refractivity contribution is 6.31. The van der Waals surface area contributed by atoms with Crippen LogP contribution in [0.15, 0.2) is 18.2 Å². The zero-order valence-electron chi connectivity index (χ0n) is 15.5. The van der Waals surface area contributed by atoms with Crippen molar-refractivity contribution in [1.82, 2.24) is 5.32 Å². The fourth-order valence-corrected chi connectivity index (χ4v) is 3.96. The number of hydrogen-bond donors (Lipinski definition) is 1. The maximum Gasteiger partial charge on any atom is 0.331 e. The van der Waals surface area contributed by atoms with Crippen molar-refractivity contribution in [3.63, 3.8) is 0 Å².